The van der Waals surface area contributed by atoms with Gasteiger partial charge in [0.1, 0.15) is 5.41 Å². The Morgan fingerprint density at radius 2 is 1.85 bits per heavy atom. The average molecular weight is 459 g/mol. The van der Waals surface area contributed by atoms with Gasteiger partial charge in [0.2, 0.25) is 5.91 Å². The number of nitriles is 1. The van der Waals surface area contributed by atoms with E-state index < -0.39 is 17.4 Å². The number of pyridine rings is 1. The van der Waals surface area contributed by atoms with E-state index in [0.717, 1.165) is 37.7 Å². The van der Waals surface area contributed by atoms with E-state index in [4.69, 9.17) is 29.3 Å². The Morgan fingerprint density at radius 3 is 2.39 bits per heavy atom. The summed E-state index contributed by atoms with van der Waals surface area (Å²) in [4.78, 5) is 37.1. The van der Waals surface area contributed by atoms with Gasteiger partial charge in [0, 0.05) is 31.9 Å². The highest BCUT2D eigenvalue weighted by atomic mass is 16.6. The maximum absolute atomic E-state index is 12.9. The third kappa shape index (κ3) is 6.06. The minimum atomic E-state index is -1.82. The minimum absolute atomic E-state index is 0.0414. The molecule has 0 radical (unpaired) electrons. The lowest BCUT2D eigenvalue weighted by Crippen LogP contribution is -2.50. The monoisotopic (exact) mass is 459 g/mol. The van der Waals surface area contributed by atoms with Crippen molar-refractivity contribution in [1.82, 2.24) is 9.88 Å². The van der Waals surface area contributed by atoms with Crippen LogP contribution >= 0.6 is 0 Å². The van der Waals surface area contributed by atoms with Crippen LogP contribution in [0.25, 0.3) is 0 Å². The van der Waals surface area contributed by atoms with Crippen molar-refractivity contribution >= 4 is 17.8 Å². The fourth-order valence-corrected chi connectivity index (χ4v) is 4.73. The van der Waals surface area contributed by atoms with Gasteiger partial charge in [0.15, 0.2) is 0 Å². The van der Waals surface area contributed by atoms with E-state index in [0.29, 0.717) is 39.1 Å². The van der Waals surface area contributed by atoms with Crippen LogP contribution in [0, 0.1) is 16.7 Å². The molecule has 2 saturated heterocycles. The standard InChI is InChI=1S/C21H27N3O3.C2H2O4/c22-16-20(5-1-2-6-20)19(25)24-10-7-21(8-11-24)12-18(15-27-21)26-14-17-4-3-9-23-13-17;3-1(4)2(5)6/h3-4,9,13,18H,1-2,5-8,10-12,14-15H2;(H,3,4)(H,5,6). The molecular formula is C23H29N3O7. The summed E-state index contributed by atoms with van der Waals surface area (Å²) < 4.78 is 12.2. The molecule has 1 atom stereocenters. The number of carboxylic acids is 2. The molecule has 1 spiro atoms. The van der Waals surface area contributed by atoms with Crippen LogP contribution in [0.1, 0.15) is 50.5 Å². The van der Waals surface area contributed by atoms with Gasteiger partial charge in [0.05, 0.1) is 31.0 Å². The Bertz CT molecular complexity index is 873. The number of piperidine rings is 1. The molecule has 1 unspecified atom stereocenters. The second kappa shape index (κ2) is 10.7. The first-order valence-corrected chi connectivity index (χ1v) is 11.1. The number of hydrogen-bond donors (Lipinski definition) is 2. The zero-order valence-corrected chi connectivity index (χ0v) is 18.4. The van der Waals surface area contributed by atoms with Crippen LogP contribution in [0.2, 0.25) is 0 Å². The van der Waals surface area contributed by atoms with Gasteiger partial charge in [-0.3, -0.25) is 9.78 Å². The quantitative estimate of drug-likeness (QED) is 0.644. The smallest absolute Gasteiger partial charge is 0.414 e. The molecular weight excluding hydrogens is 430 g/mol. The molecule has 4 rings (SSSR count). The molecule has 1 aliphatic carbocycles. The molecule has 3 heterocycles. The highest BCUT2D eigenvalue weighted by Gasteiger charge is 2.48. The largest absolute Gasteiger partial charge is 0.473 e. The predicted molar refractivity (Wildman–Crippen MR) is 114 cm³/mol. The van der Waals surface area contributed by atoms with Gasteiger partial charge in [-0.1, -0.05) is 18.9 Å². The Labute approximate surface area is 192 Å². The fraction of sp³-hybridized carbons (Fsp3) is 0.609. The Morgan fingerprint density at radius 1 is 1.18 bits per heavy atom. The molecule has 10 heteroatoms. The number of carbonyl (C=O) groups is 3. The molecule has 0 aromatic carbocycles. The number of aliphatic carboxylic acids is 2. The van der Waals surface area contributed by atoms with Crippen molar-refractivity contribution in [2.75, 3.05) is 19.7 Å². The Balaban J connectivity index is 0.000000454. The minimum Gasteiger partial charge on any atom is -0.473 e. The number of hydrogen-bond acceptors (Lipinski definition) is 7. The van der Waals surface area contributed by atoms with Crippen LogP contribution in [0.5, 0.6) is 0 Å². The molecule has 2 N–H and O–H groups in total. The van der Waals surface area contributed by atoms with Gasteiger partial charge >= 0.3 is 11.9 Å². The molecule has 3 aliphatic rings. The van der Waals surface area contributed by atoms with Gasteiger partial charge in [0.25, 0.3) is 0 Å². The van der Waals surface area contributed by atoms with Crippen molar-refractivity contribution < 1.29 is 34.1 Å². The van der Waals surface area contributed by atoms with Gasteiger partial charge in [-0.15, -0.1) is 0 Å². The molecule has 1 aromatic rings. The van der Waals surface area contributed by atoms with Crippen LogP contribution < -0.4 is 0 Å². The molecule has 1 aromatic heterocycles. The molecule has 0 bridgehead atoms. The van der Waals surface area contributed by atoms with E-state index in [1.54, 1.807) is 6.20 Å². The summed E-state index contributed by atoms with van der Waals surface area (Å²) in [6.45, 7) is 2.51. The zero-order valence-electron chi connectivity index (χ0n) is 18.4. The first-order valence-electron chi connectivity index (χ1n) is 11.1. The van der Waals surface area contributed by atoms with Crippen molar-refractivity contribution in [2.24, 2.45) is 5.41 Å². The molecule has 33 heavy (non-hydrogen) atoms. The number of carboxylic acid groups (broad SMARTS) is 2. The topological polar surface area (TPSA) is 150 Å². The summed E-state index contributed by atoms with van der Waals surface area (Å²) in [6, 6.07) is 6.25. The zero-order chi connectivity index (χ0) is 23.9. The number of amides is 1. The fourth-order valence-electron chi connectivity index (χ4n) is 4.73. The van der Waals surface area contributed by atoms with E-state index in [9.17, 15) is 10.1 Å². The highest BCUT2D eigenvalue weighted by Crippen LogP contribution is 2.42. The summed E-state index contributed by atoms with van der Waals surface area (Å²) in [6.07, 6.45) is 9.59. The number of carbonyl (C=O) groups excluding carboxylic acids is 1. The number of aromatic nitrogens is 1. The second-order valence-corrected chi connectivity index (χ2v) is 8.80. The molecule has 178 valence electrons. The Kier molecular flexibility index (Phi) is 8.00. The van der Waals surface area contributed by atoms with Crippen molar-refractivity contribution in [3.05, 3.63) is 30.1 Å². The molecule has 10 nitrogen and oxygen atoms in total. The maximum atomic E-state index is 12.9. The van der Waals surface area contributed by atoms with Gasteiger partial charge < -0.3 is 24.6 Å². The summed E-state index contributed by atoms with van der Waals surface area (Å²) in [5, 5.41) is 24.3. The molecule has 1 amide bonds. The van der Waals surface area contributed by atoms with E-state index >= 15 is 0 Å². The SMILES string of the molecule is N#CC1(C(=O)N2CCC3(CC2)CC(OCc2cccnc2)CO3)CCCC1.O=C(O)C(=O)O. The predicted octanol–water partition coefficient (Wildman–Crippen LogP) is 1.99. The van der Waals surface area contributed by atoms with Crippen molar-refractivity contribution in [1.29, 1.82) is 5.26 Å². The number of rotatable bonds is 4. The van der Waals surface area contributed by atoms with Crippen molar-refractivity contribution in [3.63, 3.8) is 0 Å². The van der Waals surface area contributed by atoms with Crippen molar-refractivity contribution in [2.45, 2.75) is 63.3 Å². The van der Waals surface area contributed by atoms with Gasteiger partial charge in [-0.25, -0.2) is 9.59 Å². The van der Waals surface area contributed by atoms with Gasteiger partial charge in [-0.2, -0.15) is 5.26 Å². The van der Waals surface area contributed by atoms with Crippen LogP contribution in [0.4, 0.5) is 0 Å². The number of likely N-dealkylation sites (tertiary alicyclic amines) is 1. The summed E-state index contributed by atoms with van der Waals surface area (Å²) in [7, 11) is 0. The van der Waals surface area contributed by atoms with Crippen LogP contribution in [0.3, 0.4) is 0 Å². The number of nitrogens with zero attached hydrogens (tertiary/aromatic N) is 3. The molecule has 3 fully saturated rings. The average Bonchev–Trinajstić information content (AvgIpc) is 3.47. The molecule has 1 saturated carbocycles. The highest BCUT2D eigenvalue weighted by molar-refractivity contribution is 6.27. The van der Waals surface area contributed by atoms with Gasteiger partial charge in [-0.05, 0) is 37.3 Å². The lowest BCUT2D eigenvalue weighted by molar-refractivity contribution is -0.159. The van der Waals surface area contributed by atoms with Crippen LogP contribution in [0.15, 0.2) is 24.5 Å². The van der Waals surface area contributed by atoms with E-state index in [1.165, 1.54) is 0 Å². The van der Waals surface area contributed by atoms with Crippen LogP contribution in [-0.4, -0.2) is 69.3 Å². The lowest BCUT2D eigenvalue weighted by atomic mass is 9.83. The first kappa shape index (κ1) is 24.6. The second-order valence-electron chi connectivity index (χ2n) is 8.80. The third-order valence-electron chi connectivity index (χ3n) is 6.61. The Hall–Kier alpha value is -3.03. The normalized spacial score (nSPS) is 22.8. The van der Waals surface area contributed by atoms with Crippen molar-refractivity contribution in [3.8, 4) is 6.07 Å². The molecule has 2 aliphatic heterocycles. The summed E-state index contributed by atoms with van der Waals surface area (Å²) >= 11 is 0. The summed E-state index contributed by atoms with van der Waals surface area (Å²) in [5.74, 6) is -3.61. The van der Waals surface area contributed by atoms with E-state index in [-0.39, 0.29) is 17.6 Å². The summed E-state index contributed by atoms with van der Waals surface area (Å²) in [5.41, 5.74) is 0.125. The lowest BCUT2D eigenvalue weighted by Gasteiger charge is -2.40. The maximum Gasteiger partial charge on any atom is 0.414 e. The van der Waals surface area contributed by atoms with E-state index in [2.05, 4.69) is 11.1 Å². The first-order chi connectivity index (χ1) is 15.8. The van der Waals surface area contributed by atoms with E-state index in [1.807, 2.05) is 23.2 Å². The van der Waals surface area contributed by atoms with Crippen LogP contribution in [-0.2, 0) is 30.5 Å². The number of ether oxygens (including phenoxy) is 2. The third-order valence-corrected chi connectivity index (χ3v) is 6.61.